The molecular formula is C25H27NO2. The summed E-state index contributed by atoms with van der Waals surface area (Å²) in [5.74, 6) is 6.58. The van der Waals surface area contributed by atoms with Crippen LogP contribution < -0.4 is 0 Å². The maximum Gasteiger partial charge on any atom is 0.310 e. The lowest BCUT2D eigenvalue weighted by molar-refractivity contribution is -0.150. The molecule has 2 aliphatic rings. The van der Waals surface area contributed by atoms with E-state index >= 15 is 0 Å². The first kappa shape index (κ1) is 18.8. The molecule has 144 valence electrons. The molecule has 3 heteroatoms. The Balaban J connectivity index is 1.51. The summed E-state index contributed by atoms with van der Waals surface area (Å²) >= 11 is 0. The van der Waals surface area contributed by atoms with Crippen LogP contribution in [0.25, 0.3) is 0 Å². The molecule has 0 aliphatic carbocycles. The smallest absolute Gasteiger partial charge is 0.310 e. The fraction of sp³-hybridized carbons (Fsp3) is 0.400. The second-order valence-corrected chi connectivity index (χ2v) is 7.94. The molecule has 0 spiro atoms. The topological polar surface area (TPSA) is 29.5 Å². The van der Waals surface area contributed by atoms with Crippen LogP contribution in [0.15, 0.2) is 54.6 Å². The van der Waals surface area contributed by atoms with Crippen LogP contribution in [-0.2, 0) is 16.0 Å². The van der Waals surface area contributed by atoms with Crippen LogP contribution >= 0.6 is 0 Å². The monoisotopic (exact) mass is 373 g/mol. The number of ether oxygens (including phenoxy) is 1. The average molecular weight is 373 g/mol. The van der Waals surface area contributed by atoms with Gasteiger partial charge in [-0.15, -0.1) is 0 Å². The number of methoxy groups -OCH3 is 1. The van der Waals surface area contributed by atoms with E-state index in [1.165, 1.54) is 24.7 Å². The number of esters is 1. The first-order valence-electron chi connectivity index (χ1n) is 10.1. The van der Waals surface area contributed by atoms with E-state index in [1.54, 1.807) is 0 Å². The number of hydrogen-bond acceptors (Lipinski definition) is 3. The third kappa shape index (κ3) is 3.70. The van der Waals surface area contributed by atoms with Crippen LogP contribution in [0.3, 0.4) is 0 Å². The second kappa shape index (κ2) is 8.20. The molecule has 0 amide bonds. The Morgan fingerprint density at radius 3 is 2.57 bits per heavy atom. The van der Waals surface area contributed by atoms with Crippen molar-refractivity contribution >= 4 is 5.97 Å². The molecule has 0 radical (unpaired) electrons. The van der Waals surface area contributed by atoms with Gasteiger partial charge in [0.2, 0.25) is 0 Å². The first-order chi connectivity index (χ1) is 13.7. The summed E-state index contributed by atoms with van der Waals surface area (Å²) in [6.07, 6.45) is 4.03. The number of hydrogen-bond donors (Lipinski definition) is 0. The van der Waals surface area contributed by atoms with Crippen LogP contribution in [0.5, 0.6) is 0 Å². The Morgan fingerprint density at radius 2 is 1.86 bits per heavy atom. The van der Waals surface area contributed by atoms with Gasteiger partial charge in [-0.1, -0.05) is 54.3 Å². The van der Waals surface area contributed by atoms with Crippen molar-refractivity contribution < 1.29 is 9.53 Å². The summed E-state index contributed by atoms with van der Waals surface area (Å²) in [5, 5.41) is 0. The molecule has 2 saturated heterocycles. The van der Waals surface area contributed by atoms with E-state index in [0.717, 1.165) is 24.8 Å². The normalized spacial score (nSPS) is 26.4. The number of piperidine rings is 1. The van der Waals surface area contributed by atoms with Gasteiger partial charge in [-0.25, -0.2) is 0 Å². The summed E-state index contributed by atoms with van der Waals surface area (Å²) in [7, 11) is 3.66. The Labute approximate surface area is 167 Å². The van der Waals surface area contributed by atoms with Crippen molar-refractivity contribution in [2.75, 3.05) is 14.2 Å². The van der Waals surface area contributed by atoms with E-state index in [9.17, 15) is 4.79 Å². The molecule has 2 fully saturated rings. The molecule has 0 unspecified atom stereocenters. The van der Waals surface area contributed by atoms with Crippen LogP contribution in [0.4, 0.5) is 0 Å². The Morgan fingerprint density at radius 1 is 1.11 bits per heavy atom. The molecular weight excluding hydrogens is 346 g/mol. The molecule has 3 nitrogen and oxygen atoms in total. The molecule has 4 rings (SSSR count). The zero-order valence-corrected chi connectivity index (χ0v) is 16.6. The molecule has 0 saturated carbocycles. The molecule has 2 aliphatic heterocycles. The third-order valence-corrected chi connectivity index (χ3v) is 6.45. The number of benzene rings is 2. The van der Waals surface area contributed by atoms with Gasteiger partial charge in [-0.3, -0.25) is 9.69 Å². The largest absolute Gasteiger partial charge is 0.469 e. The fourth-order valence-corrected chi connectivity index (χ4v) is 4.92. The standard InChI is InChI=1S/C25H27NO2/c1-26-21-15-16-23(26)24(25(27)28-2)22(17-21)20-13-11-19(12-14-20)10-6-9-18-7-4-3-5-8-18/h3-5,7-8,11-14,21-24H,9,15-17H2,1-2H3/t21-,22+,23+,24-/m0/s1. The van der Waals surface area contributed by atoms with Crippen LogP contribution in [0, 0.1) is 17.8 Å². The summed E-state index contributed by atoms with van der Waals surface area (Å²) in [6.45, 7) is 0. The first-order valence-corrected chi connectivity index (χ1v) is 10.1. The van der Waals surface area contributed by atoms with Gasteiger partial charge < -0.3 is 4.74 Å². The predicted molar refractivity (Wildman–Crippen MR) is 111 cm³/mol. The van der Waals surface area contributed by atoms with E-state index in [-0.39, 0.29) is 17.8 Å². The lowest BCUT2D eigenvalue weighted by Crippen LogP contribution is -2.49. The second-order valence-electron chi connectivity index (χ2n) is 7.94. The van der Waals surface area contributed by atoms with Crippen molar-refractivity contribution in [3.8, 4) is 11.8 Å². The van der Waals surface area contributed by atoms with Crippen molar-refractivity contribution in [1.29, 1.82) is 0 Å². The van der Waals surface area contributed by atoms with Gasteiger partial charge in [0.15, 0.2) is 0 Å². The molecule has 2 aromatic rings. The van der Waals surface area contributed by atoms with Crippen LogP contribution in [0.2, 0.25) is 0 Å². The SMILES string of the molecule is COC(=O)[C@H]1[C@@H](c2ccc(C#CCc3ccccc3)cc2)C[C@@H]2CC[C@H]1N2C. The number of carbonyl (C=O) groups excluding carboxylic acids is 1. The number of carbonyl (C=O) groups is 1. The van der Waals surface area contributed by atoms with Gasteiger partial charge in [0, 0.05) is 30.0 Å². The van der Waals surface area contributed by atoms with Gasteiger partial charge in [-0.2, -0.15) is 0 Å². The zero-order chi connectivity index (χ0) is 19.5. The van der Waals surface area contributed by atoms with Crippen molar-refractivity contribution in [1.82, 2.24) is 4.90 Å². The minimum atomic E-state index is -0.0798. The van der Waals surface area contributed by atoms with Gasteiger partial charge in [0.05, 0.1) is 13.0 Å². The third-order valence-electron chi connectivity index (χ3n) is 6.45. The highest BCUT2D eigenvalue weighted by Gasteiger charge is 2.49. The molecule has 4 atom stereocenters. The van der Waals surface area contributed by atoms with Crippen LogP contribution in [0.1, 0.15) is 41.9 Å². The highest BCUT2D eigenvalue weighted by Crippen LogP contribution is 2.46. The quantitative estimate of drug-likeness (QED) is 0.601. The van der Waals surface area contributed by atoms with E-state index < -0.39 is 0 Å². The minimum absolute atomic E-state index is 0.0751. The average Bonchev–Trinajstić information content (AvgIpc) is 2.97. The predicted octanol–water partition coefficient (Wildman–Crippen LogP) is 4.02. The number of rotatable bonds is 3. The summed E-state index contributed by atoms with van der Waals surface area (Å²) in [5.41, 5.74) is 3.48. The number of nitrogens with zero attached hydrogens (tertiary/aromatic N) is 1. The van der Waals surface area contributed by atoms with Crippen molar-refractivity contribution in [3.05, 3.63) is 71.3 Å². The highest BCUT2D eigenvalue weighted by molar-refractivity contribution is 5.75. The maximum absolute atomic E-state index is 12.6. The van der Waals surface area contributed by atoms with Crippen molar-refractivity contribution in [2.45, 2.75) is 43.7 Å². The molecule has 0 N–H and O–H groups in total. The molecule has 2 aromatic carbocycles. The zero-order valence-electron chi connectivity index (χ0n) is 16.6. The van der Waals surface area contributed by atoms with Gasteiger partial charge in [-0.05, 0) is 49.6 Å². The lowest BCUT2D eigenvalue weighted by Gasteiger charge is -2.41. The van der Waals surface area contributed by atoms with Gasteiger partial charge >= 0.3 is 5.97 Å². The molecule has 28 heavy (non-hydrogen) atoms. The maximum atomic E-state index is 12.6. The Hall–Kier alpha value is -2.57. The minimum Gasteiger partial charge on any atom is -0.469 e. The molecule has 2 heterocycles. The van der Waals surface area contributed by atoms with Crippen molar-refractivity contribution in [3.63, 3.8) is 0 Å². The van der Waals surface area contributed by atoms with E-state index in [4.69, 9.17) is 4.74 Å². The van der Waals surface area contributed by atoms with E-state index in [1.807, 2.05) is 18.2 Å². The Kier molecular flexibility index (Phi) is 5.50. The van der Waals surface area contributed by atoms with E-state index in [2.05, 4.69) is 60.2 Å². The highest BCUT2D eigenvalue weighted by atomic mass is 16.5. The number of fused-ring (bicyclic) bond motifs is 2. The summed E-state index contributed by atoms with van der Waals surface area (Å²) < 4.78 is 5.17. The van der Waals surface area contributed by atoms with Crippen LogP contribution in [-0.4, -0.2) is 37.1 Å². The lowest BCUT2D eigenvalue weighted by atomic mass is 9.76. The Bertz CT molecular complexity index is 878. The molecule has 0 aromatic heterocycles. The summed E-state index contributed by atoms with van der Waals surface area (Å²) in [4.78, 5) is 14.9. The summed E-state index contributed by atoms with van der Waals surface area (Å²) in [6, 6.07) is 19.6. The van der Waals surface area contributed by atoms with Gasteiger partial charge in [0.1, 0.15) is 0 Å². The van der Waals surface area contributed by atoms with E-state index in [0.29, 0.717) is 12.1 Å². The van der Waals surface area contributed by atoms with Gasteiger partial charge in [0.25, 0.3) is 0 Å². The molecule has 2 bridgehead atoms. The van der Waals surface area contributed by atoms with Crippen molar-refractivity contribution in [2.24, 2.45) is 5.92 Å². The fourth-order valence-electron chi connectivity index (χ4n) is 4.92.